The van der Waals surface area contributed by atoms with E-state index in [4.69, 9.17) is 0 Å². The molecule has 1 aromatic heterocycles. The van der Waals surface area contributed by atoms with Gasteiger partial charge in [-0.05, 0) is 56.6 Å². The molecule has 4 nitrogen and oxygen atoms in total. The van der Waals surface area contributed by atoms with Crippen LogP contribution in [0.1, 0.15) is 54.4 Å². The Morgan fingerprint density at radius 1 is 1.04 bits per heavy atom. The number of nitrogens with zero attached hydrogens (tertiary/aromatic N) is 1. The molecule has 0 spiro atoms. The molecule has 142 valence electrons. The summed E-state index contributed by atoms with van der Waals surface area (Å²) in [4.78, 5) is 16.6. The van der Waals surface area contributed by atoms with Crippen molar-refractivity contribution in [3.8, 4) is 0 Å². The van der Waals surface area contributed by atoms with Crippen LogP contribution in [0.5, 0.6) is 0 Å². The molecule has 1 aromatic carbocycles. The number of benzene rings is 1. The van der Waals surface area contributed by atoms with Crippen LogP contribution in [-0.4, -0.2) is 24.0 Å². The van der Waals surface area contributed by atoms with E-state index >= 15 is 0 Å². The predicted molar refractivity (Wildman–Crippen MR) is 111 cm³/mol. The van der Waals surface area contributed by atoms with E-state index in [1.807, 2.05) is 12.1 Å². The van der Waals surface area contributed by atoms with Gasteiger partial charge in [0, 0.05) is 25.5 Å². The van der Waals surface area contributed by atoms with Crippen molar-refractivity contribution in [2.75, 3.05) is 18.4 Å². The Morgan fingerprint density at radius 3 is 2.74 bits per heavy atom. The molecule has 2 aromatic rings. The van der Waals surface area contributed by atoms with Crippen molar-refractivity contribution in [2.24, 2.45) is 0 Å². The van der Waals surface area contributed by atoms with Crippen LogP contribution < -0.4 is 10.6 Å². The van der Waals surface area contributed by atoms with Gasteiger partial charge < -0.3 is 10.6 Å². The zero-order valence-electron chi connectivity index (χ0n) is 15.9. The van der Waals surface area contributed by atoms with E-state index in [1.54, 1.807) is 12.4 Å². The molecular formula is C23H29N3O. The van der Waals surface area contributed by atoms with E-state index in [-0.39, 0.29) is 5.91 Å². The number of carbonyl (C=O) groups is 1. The molecule has 0 unspecified atom stereocenters. The Labute approximate surface area is 162 Å². The van der Waals surface area contributed by atoms with E-state index in [9.17, 15) is 4.79 Å². The van der Waals surface area contributed by atoms with Crippen LogP contribution >= 0.6 is 0 Å². The highest BCUT2D eigenvalue weighted by Crippen LogP contribution is 2.19. The van der Waals surface area contributed by atoms with Crippen LogP contribution in [0.4, 0.5) is 5.69 Å². The molecule has 0 radical (unpaired) electrons. The number of hydrogen-bond donors (Lipinski definition) is 2. The van der Waals surface area contributed by atoms with Crippen molar-refractivity contribution in [3.05, 3.63) is 71.6 Å². The highest BCUT2D eigenvalue weighted by atomic mass is 16.1. The summed E-state index contributed by atoms with van der Waals surface area (Å²) in [6.45, 7) is 1.55. The second-order valence-electron chi connectivity index (χ2n) is 7.09. The van der Waals surface area contributed by atoms with Gasteiger partial charge in [-0.3, -0.25) is 9.78 Å². The van der Waals surface area contributed by atoms with Gasteiger partial charge in [-0.2, -0.15) is 0 Å². The molecule has 0 atom stereocenters. The number of allylic oxidation sites excluding steroid dienone is 1. The summed E-state index contributed by atoms with van der Waals surface area (Å²) in [5.74, 6) is -0.0492. The lowest BCUT2D eigenvalue weighted by Crippen LogP contribution is -2.25. The molecule has 2 N–H and O–H groups in total. The fourth-order valence-electron chi connectivity index (χ4n) is 3.40. The maximum Gasteiger partial charge on any atom is 0.252 e. The maximum absolute atomic E-state index is 12.4. The van der Waals surface area contributed by atoms with Gasteiger partial charge in [-0.1, -0.05) is 42.0 Å². The highest BCUT2D eigenvalue weighted by molar-refractivity contribution is 5.94. The number of nitrogens with one attached hydrogen (secondary N) is 2. The summed E-state index contributed by atoms with van der Waals surface area (Å²) in [6, 6.07) is 12.4. The lowest BCUT2D eigenvalue weighted by atomic mass is 9.97. The number of pyridine rings is 1. The molecule has 1 aliphatic carbocycles. The first-order valence-electron chi connectivity index (χ1n) is 10.0. The molecule has 0 aliphatic heterocycles. The number of aromatic nitrogens is 1. The number of anilines is 1. The summed E-state index contributed by atoms with van der Waals surface area (Å²) in [5, 5.41) is 6.38. The molecule has 3 rings (SSSR count). The van der Waals surface area contributed by atoms with Crippen molar-refractivity contribution in [2.45, 2.75) is 44.9 Å². The Bertz CT molecular complexity index is 755. The van der Waals surface area contributed by atoms with E-state index in [0.717, 1.165) is 31.5 Å². The van der Waals surface area contributed by atoms with Crippen molar-refractivity contribution in [1.29, 1.82) is 0 Å². The van der Waals surface area contributed by atoms with Gasteiger partial charge in [-0.25, -0.2) is 0 Å². The largest absolute Gasteiger partial charge is 0.384 e. The lowest BCUT2D eigenvalue weighted by molar-refractivity contribution is 0.0953. The highest BCUT2D eigenvalue weighted by Gasteiger charge is 2.08. The van der Waals surface area contributed by atoms with E-state index < -0.39 is 0 Å². The van der Waals surface area contributed by atoms with Gasteiger partial charge in [0.05, 0.1) is 11.3 Å². The first-order chi connectivity index (χ1) is 13.3. The maximum atomic E-state index is 12.4. The Hall–Kier alpha value is -2.62. The summed E-state index contributed by atoms with van der Waals surface area (Å²) in [5.41, 5.74) is 4.33. The van der Waals surface area contributed by atoms with Gasteiger partial charge in [0.25, 0.3) is 5.91 Å². The van der Waals surface area contributed by atoms with Crippen molar-refractivity contribution in [3.63, 3.8) is 0 Å². The summed E-state index contributed by atoms with van der Waals surface area (Å²) in [6.07, 6.45) is 13.7. The number of carbonyl (C=O) groups excluding carboxylic acids is 1. The van der Waals surface area contributed by atoms with Crippen molar-refractivity contribution >= 4 is 11.6 Å². The third-order valence-electron chi connectivity index (χ3n) is 4.93. The Morgan fingerprint density at radius 2 is 1.93 bits per heavy atom. The second-order valence-corrected chi connectivity index (χ2v) is 7.09. The van der Waals surface area contributed by atoms with Crippen LogP contribution in [-0.2, 0) is 6.42 Å². The van der Waals surface area contributed by atoms with Gasteiger partial charge in [0.15, 0.2) is 0 Å². The van der Waals surface area contributed by atoms with Gasteiger partial charge in [-0.15, -0.1) is 0 Å². The zero-order chi connectivity index (χ0) is 18.7. The number of rotatable bonds is 9. The van der Waals surface area contributed by atoms with Crippen molar-refractivity contribution < 1.29 is 4.79 Å². The standard InChI is InChI=1S/C23H29N3O/c27-23(26-15-13-20-10-5-2-6-11-20)21-16-22(18-24-17-21)25-14-7-12-19-8-3-1-4-9-19/h1,3-4,8-10,16-18,25H,2,5-7,11-15H2,(H,26,27). The Balaban J connectivity index is 1.40. The van der Waals surface area contributed by atoms with Crippen LogP contribution in [0.25, 0.3) is 0 Å². The van der Waals surface area contributed by atoms with E-state index in [0.29, 0.717) is 12.1 Å². The first-order valence-corrected chi connectivity index (χ1v) is 10.0. The average molecular weight is 364 g/mol. The van der Waals surface area contributed by atoms with Crippen molar-refractivity contribution in [1.82, 2.24) is 10.3 Å². The summed E-state index contributed by atoms with van der Waals surface area (Å²) < 4.78 is 0. The first kappa shape index (κ1) is 19.2. The van der Waals surface area contributed by atoms with E-state index in [2.05, 4.69) is 46.0 Å². The lowest BCUT2D eigenvalue weighted by Gasteiger charge is -2.13. The Kier molecular flexibility index (Phi) is 7.45. The van der Waals surface area contributed by atoms with Crippen LogP contribution in [0.15, 0.2) is 60.4 Å². The number of aryl methyl sites for hydroxylation is 1. The van der Waals surface area contributed by atoms with Gasteiger partial charge in [0.2, 0.25) is 0 Å². The smallest absolute Gasteiger partial charge is 0.252 e. The minimum Gasteiger partial charge on any atom is -0.384 e. The molecule has 0 fully saturated rings. The monoisotopic (exact) mass is 363 g/mol. The molecule has 1 aliphatic rings. The quantitative estimate of drug-likeness (QED) is 0.499. The second kappa shape index (κ2) is 10.5. The molecule has 1 heterocycles. The van der Waals surface area contributed by atoms with Crippen LogP contribution in [0.3, 0.4) is 0 Å². The van der Waals surface area contributed by atoms with Crippen LogP contribution in [0.2, 0.25) is 0 Å². The average Bonchev–Trinajstić information content (AvgIpc) is 2.73. The minimum absolute atomic E-state index is 0.0492. The molecular weight excluding hydrogens is 334 g/mol. The van der Waals surface area contributed by atoms with Gasteiger partial charge in [0.1, 0.15) is 0 Å². The molecule has 0 saturated carbocycles. The summed E-state index contributed by atoms with van der Waals surface area (Å²) >= 11 is 0. The molecule has 4 heteroatoms. The molecule has 0 saturated heterocycles. The molecule has 27 heavy (non-hydrogen) atoms. The number of amides is 1. The third kappa shape index (κ3) is 6.55. The number of hydrogen-bond acceptors (Lipinski definition) is 3. The fourth-order valence-corrected chi connectivity index (χ4v) is 3.40. The topological polar surface area (TPSA) is 54.0 Å². The molecule has 0 bridgehead atoms. The SMILES string of the molecule is O=C(NCCC1=CCCCC1)c1cncc(NCCCc2ccccc2)c1. The third-order valence-corrected chi connectivity index (χ3v) is 4.93. The minimum atomic E-state index is -0.0492. The normalized spacial score (nSPS) is 13.7. The fraction of sp³-hybridized carbons (Fsp3) is 0.391. The predicted octanol–water partition coefficient (Wildman–Crippen LogP) is 4.75. The molecule has 1 amide bonds. The zero-order valence-corrected chi connectivity index (χ0v) is 15.9. The van der Waals surface area contributed by atoms with Gasteiger partial charge >= 0.3 is 0 Å². The summed E-state index contributed by atoms with van der Waals surface area (Å²) in [7, 11) is 0. The van der Waals surface area contributed by atoms with E-state index in [1.165, 1.54) is 36.8 Å². The van der Waals surface area contributed by atoms with Crippen LogP contribution in [0, 0.1) is 0 Å².